The molecule has 0 bridgehead atoms. The quantitative estimate of drug-likeness (QED) is 0.688. The molecule has 0 radical (unpaired) electrons. The highest BCUT2D eigenvalue weighted by molar-refractivity contribution is 7.89. The molecule has 25 heavy (non-hydrogen) atoms. The molecule has 0 saturated heterocycles. The molecule has 4 heteroatoms. The molecule has 0 heterocycles. The van der Waals surface area contributed by atoms with Gasteiger partial charge >= 0.3 is 0 Å². The highest BCUT2D eigenvalue weighted by Crippen LogP contribution is 2.22. The van der Waals surface area contributed by atoms with Gasteiger partial charge in [-0.05, 0) is 69.4 Å². The van der Waals surface area contributed by atoms with Crippen molar-refractivity contribution in [3.05, 3.63) is 65.6 Å². The lowest BCUT2D eigenvalue weighted by Crippen LogP contribution is -2.37. The number of hydrogen-bond acceptors (Lipinski definition) is 2. The summed E-state index contributed by atoms with van der Waals surface area (Å²) in [5.74, 6) is 0. The first-order valence-electron chi connectivity index (χ1n) is 8.82. The summed E-state index contributed by atoms with van der Waals surface area (Å²) in [4.78, 5) is 0.307. The molecule has 0 amide bonds. The third-order valence-electron chi connectivity index (χ3n) is 4.48. The van der Waals surface area contributed by atoms with Gasteiger partial charge in [-0.1, -0.05) is 30.7 Å². The Morgan fingerprint density at radius 2 is 1.84 bits per heavy atom. The second-order valence-corrected chi connectivity index (χ2v) is 8.40. The van der Waals surface area contributed by atoms with Gasteiger partial charge in [-0.25, -0.2) is 8.42 Å². The summed E-state index contributed by atoms with van der Waals surface area (Å²) in [5, 5.41) is 0. The molecule has 3 nitrogen and oxygen atoms in total. The van der Waals surface area contributed by atoms with E-state index in [0.29, 0.717) is 11.4 Å². The topological polar surface area (TPSA) is 37.4 Å². The first-order valence-corrected chi connectivity index (χ1v) is 10.3. The first-order chi connectivity index (χ1) is 11.9. The summed E-state index contributed by atoms with van der Waals surface area (Å²) in [6.07, 6.45) is 9.36. The molecule has 2 rings (SSSR count). The summed E-state index contributed by atoms with van der Waals surface area (Å²) in [5.41, 5.74) is 8.35. The molecule has 0 N–H and O–H groups in total. The van der Waals surface area contributed by atoms with Gasteiger partial charge in [0.05, 0.1) is 4.90 Å². The fourth-order valence-corrected chi connectivity index (χ4v) is 4.51. The van der Waals surface area contributed by atoms with Crippen LogP contribution in [0.15, 0.2) is 64.9 Å². The molecule has 134 valence electrons. The van der Waals surface area contributed by atoms with Gasteiger partial charge in [0.25, 0.3) is 0 Å². The molecular formula is C21H27NO2S. The maximum Gasteiger partial charge on any atom is 0.243 e. The molecule has 0 spiro atoms. The van der Waals surface area contributed by atoms with E-state index in [1.54, 1.807) is 18.2 Å². The van der Waals surface area contributed by atoms with Crippen molar-refractivity contribution in [1.29, 1.82) is 0 Å². The van der Waals surface area contributed by atoms with Crippen molar-refractivity contribution in [3.8, 4) is 0 Å². The summed E-state index contributed by atoms with van der Waals surface area (Å²) >= 11 is 0. The van der Waals surface area contributed by atoms with E-state index in [0.717, 1.165) is 18.4 Å². The molecule has 1 aliphatic rings. The molecule has 1 atom stereocenters. The maximum atomic E-state index is 13.0. The second-order valence-electron chi connectivity index (χ2n) is 6.51. The van der Waals surface area contributed by atoms with Crippen LogP contribution in [0.25, 0.3) is 0 Å². The van der Waals surface area contributed by atoms with E-state index >= 15 is 0 Å². The Kier molecular flexibility index (Phi) is 7.04. The number of hydrogen-bond donors (Lipinski definition) is 0. The van der Waals surface area contributed by atoms with Crippen molar-refractivity contribution in [3.63, 3.8) is 0 Å². The summed E-state index contributed by atoms with van der Waals surface area (Å²) in [7, 11) is -3.59. The zero-order valence-corrected chi connectivity index (χ0v) is 16.0. The van der Waals surface area contributed by atoms with Gasteiger partial charge in [0.2, 0.25) is 10.0 Å². The van der Waals surface area contributed by atoms with Crippen LogP contribution in [-0.4, -0.2) is 25.3 Å². The van der Waals surface area contributed by atoms with Crippen molar-refractivity contribution in [2.45, 2.75) is 56.9 Å². The van der Waals surface area contributed by atoms with E-state index in [-0.39, 0.29) is 6.04 Å². The Morgan fingerprint density at radius 3 is 2.44 bits per heavy atom. The average Bonchev–Trinajstić information content (AvgIpc) is 2.60. The molecule has 1 fully saturated rings. The Balaban J connectivity index is 2.30. The van der Waals surface area contributed by atoms with Crippen LogP contribution in [0.1, 0.15) is 44.6 Å². The van der Waals surface area contributed by atoms with E-state index in [9.17, 15) is 8.42 Å². The molecule has 0 aromatic heterocycles. The van der Waals surface area contributed by atoms with E-state index in [2.05, 4.69) is 18.0 Å². The molecule has 1 saturated carbocycles. The summed E-state index contributed by atoms with van der Waals surface area (Å²) in [6, 6.07) is 6.63. The third-order valence-corrected chi connectivity index (χ3v) is 6.44. The van der Waals surface area contributed by atoms with Gasteiger partial charge in [0.15, 0.2) is 0 Å². The monoisotopic (exact) mass is 357 g/mol. The fourth-order valence-electron chi connectivity index (χ4n) is 2.99. The van der Waals surface area contributed by atoms with Crippen LogP contribution in [-0.2, 0) is 10.0 Å². The normalized spacial score (nSPS) is 16.0. The fraction of sp³-hybridized carbons (Fsp3) is 0.429. The van der Waals surface area contributed by atoms with Gasteiger partial charge in [0.1, 0.15) is 0 Å². The smallest absolute Gasteiger partial charge is 0.207 e. The molecule has 0 unspecified atom stereocenters. The Hall–Kier alpha value is -1.83. The molecule has 1 aliphatic carbocycles. The highest BCUT2D eigenvalue weighted by Gasteiger charge is 2.27. The second kappa shape index (κ2) is 9.03. The Labute approximate surface area is 152 Å². The number of rotatable bonds is 6. The van der Waals surface area contributed by atoms with E-state index in [4.69, 9.17) is 0 Å². The lowest BCUT2D eigenvalue weighted by molar-refractivity contribution is 0.408. The number of sulfonamides is 1. The summed E-state index contributed by atoms with van der Waals surface area (Å²) in [6.45, 7) is 7.64. The highest BCUT2D eigenvalue weighted by atomic mass is 32.2. The first kappa shape index (κ1) is 19.5. The predicted octanol–water partition coefficient (Wildman–Crippen LogP) is 4.76. The minimum atomic E-state index is -3.59. The van der Waals surface area contributed by atoms with Gasteiger partial charge in [0, 0.05) is 12.6 Å². The van der Waals surface area contributed by atoms with Crippen molar-refractivity contribution in [2.24, 2.45) is 0 Å². The minimum absolute atomic E-state index is 0.291. The number of benzene rings is 1. The van der Waals surface area contributed by atoms with Gasteiger partial charge < -0.3 is 0 Å². The zero-order chi connectivity index (χ0) is 18.3. The van der Waals surface area contributed by atoms with Crippen molar-refractivity contribution in [1.82, 2.24) is 4.31 Å². The van der Waals surface area contributed by atoms with Gasteiger partial charge in [-0.2, -0.15) is 4.31 Å². The van der Waals surface area contributed by atoms with E-state index < -0.39 is 10.0 Å². The largest absolute Gasteiger partial charge is 0.243 e. The minimum Gasteiger partial charge on any atom is -0.207 e. The standard InChI is InChI=1S/C21H27NO2S/c1-4-9-19(3)22(17-8-12-20-10-6-5-7-11-20)25(23,24)21-15-13-18(2)14-16-21/h8-9,13-16,19H,1,5-7,10-11,17H2,2-3H3/t19-/m0/s1. The van der Waals surface area contributed by atoms with Crippen molar-refractivity contribution < 1.29 is 8.42 Å². The van der Waals surface area contributed by atoms with Crippen molar-refractivity contribution in [2.75, 3.05) is 6.54 Å². The number of nitrogens with zero attached hydrogens (tertiary/aromatic N) is 1. The van der Waals surface area contributed by atoms with Crippen LogP contribution in [0.5, 0.6) is 0 Å². The molecule has 1 aromatic rings. The lowest BCUT2D eigenvalue weighted by atomic mass is 9.96. The van der Waals surface area contributed by atoms with Gasteiger partial charge in [-0.15, -0.1) is 11.5 Å². The van der Waals surface area contributed by atoms with E-state index in [1.165, 1.54) is 29.1 Å². The maximum absolute atomic E-state index is 13.0. The SMILES string of the molecule is C=C=C[C@H](C)N(CC=C=C1CCCCC1)S(=O)(=O)c1ccc(C)cc1. The van der Waals surface area contributed by atoms with Crippen LogP contribution in [0, 0.1) is 6.92 Å². The van der Waals surface area contributed by atoms with Crippen LogP contribution < -0.4 is 0 Å². The van der Waals surface area contributed by atoms with Gasteiger partial charge in [-0.3, -0.25) is 0 Å². The third kappa shape index (κ3) is 5.32. The molecule has 1 aromatic carbocycles. The predicted molar refractivity (Wildman–Crippen MR) is 103 cm³/mol. The Bertz CT molecular complexity index is 785. The van der Waals surface area contributed by atoms with Crippen LogP contribution in [0.2, 0.25) is 0 Å². The van der Waals surface area contributed by atoms with Crippen LogP contribution in [0.4, 0.5) is 0 Å². The molecule has 0 aliphatic heterocycles. The number of aryl methyl sites for hydroxylation is 1. The van der Waals surface area contributed by atoms with Crippen LogP contribution >= 0.6 is 0 Å². The zero-order valence-electron chi connectivity index (χ0n) is 15.2. The Morgan fingerprint density at radius 1 is 1.20 bits per heavy atom. The van der Waals surface area contributed by atoms with Crippen molar-refractivity contribution >= 4 is 10.0 Å². The van der Waals surface area contributed by atoms with Crippen LogP contribution in [0.3, 0.4) is 0 Å². The molecular weight excluding hydrogens is 330 g/mol. The van der Waals surface area contributed by atoms with E-state index in [1.807, 2.05) is 32.1 Å². The summed E-state index contributed by atoms with van der Waals surface area (Å²) < 4.78 is 27.6. The average molecular weight is 358 g/mol. The lowest BCUT2D eigenvalue weighted by Gasteiger charge is -2.24.